The molecule has 1 aromatic heterocycles. The molecule has 1 aliphatic heterocycles. The van der Waals surface area contributed by atoms with E-state index in [1.54, 1.807) is 19.2 Å². The summed E-state index contributed by atoms with van der Waals surface area (Å²) < 4.78 is 5.27. The minimum atomic E-state index is -0.448. The molecule has 5 rings (SSSR count). The van der Waals surface area contributed by atoms with Gasteiger partial charge in [0.15, 0.2) is 0 Å². The number of fused-ring (bicyclic) bond motifs is 5. The fourth-order valence-corrected chi connectivity index (χ4v) is 6.20. The molecule has 2 aromatic carbocycles. The summed E-state index contributed by atoms with van der Waals surface area (Å²) in [6.07, 6.45) is 5.23. The van der Waals surface area contributed by atoms with E-state index in [1.165, 1.54) is 15.8 Å². The van der Waals surface area contributed by atoms with E-state index in [-0.39, 0.29) is 29.6 Å². The summed E-state index contributed by atoms with van der Waals surface area (Å²) in [4.78, 5) is 32.8. The second kappa shape index (κ2) is 8.69. The summed E-state index contributed by atoms with van der Waals surface area (Å²) >= 11 is 0. The minimum Gasteiger partial charge on any atom is -0.497 e. The molecule has 33 heavy (non-hydrogen) atoms. The molecule has 1 N–H and O–H groups in total. The second-order valence-corrected chi connectivity index (χ2v) is 9.41. The van der Waals surface area contributed by atoms with Crippen LogP contribution < -0.4 is 9.64 Å². The molecular formula is C28H32N2O3. The number of imide groups is 1. The lowest BCUT2D eigenvalue weighted by atomic mass is 9.63. The van der Waals surface area contributed by atoms with E-state index in [4.69, 9.17) is 4.74 Å². The third-order valence-electron chi connectivity index (χ3n) is 7.61. The van der Waals surface area contributed by atoms with Crippen molar-refractivity contribution in [2.24, 2.45) is 11.8 Å². The number of ether oxygens (including phenoxy) is 1. The van der Waals surface area contributed by atoms with Crippen LogP contribution in [0.25, 0.3) is 10.9 Å². The average molecular weight is 445 g/mol. The quantitative estimate of drug-likeness (QED) is 0.444. The zero-order valence-corrected chi connectivity index (χ0v) is 19.6. The standard InChI is InChI=1S/C28H32N2O3/c1-4-6-10-20-19(9-5-2)24-25(26-23(20)21-11-7-8-12-22(21)29-26)28(32)30(27(24)31)17-13-15-18(33-3)16-14-17/h7-8,11-16,19-20,24-25,29H,4-6,9-10H2,1-3H3/t19-,20-,24-,25+/m1/s1. The van der Waals surface area contributed by atoms with Crippen LogP contribution in [-0.2, 0) is 9.59 Å². The first kappa shape index (κ1) is 21.7. The first-order valence-corrected chi connectivity index (χ1v) is 12.2. The number of anilines is 1. The molecule has 0 unspecified atom stereocenters. The number of carbonyl (C=O) groups excluding carboxylic acids is 2. The van der Waals surface area contributed by atoms with Crippen LogP contribution in [0, 0.1) is 11.8 Å². The molecule has 2 amide bonds. The topological polar surface area (TPSA) is 62.4 Å². The number of amides is 2. The van der Waals surface area contributed by atoms with Crippen LogP contribution in [0.4, 0.5) is 5.69 Å². The smallest absolute Gasteiger partial charge is 0.243 e. The maximum absolute atomic E-state index is 13.9. The second-order valence-electron chi connectivity index (χ2n) is 9.41. The summed E-state index contributed by atoms with van der Waals surface area (Å²) in [5.74, 6) is 0.218. The number of para-hydroxylation sites is 1. The lowest BCUT2D eigenvalue weighted by molar-refractivity contribution is -0.123. The third kappa shape index (κ3) is 3.36. The van der Waals surface area contributed by atoms with E-state index in [1.807, 2.05) is 18.2 Å². The molecule has 0 spiro atoms. The number of carbonyl (C=O) groups is 2. The lowest BCUT2D eigenvalue weighted by Gasteiger charge is -2.38. The summed E-state index contributed by atoms with van der Waals surface area (Å²) in [6.45, 7) is 4.39. The Morgan fingerprint density at radius 2 is 1.70 bits per heavy atom. The number of methoxy groups -OCH3 is 1. The van der Waals surface area contributed by atoms with Crippen molar-refractivity contribution >= 4 is 28.4 Å². The Labute approximate surface area is 195 Å². The van der Waals surface area contributed by atoms with Crippen LogP contribution in [0.2, 0.25) is 0 Å². The van der Waals surface area contributed by atoms with Gasteiger partial charge in [-0.25, -0.2) is 4.90 Å². The summed E-state index contributed by atoms with van der Waals surface area (Å²) in [5, 5.41) is 1.20. The fraction of sp³-hybridized carbons (Fsp3) is 0.429. The Hall–Kier alpha value is -3.08. The van der Waals surface area contributed by atoms with Gasteiger partial charge in [-0.3, -0.25) is 9.59 Å². The third-order valence-corrected chi connectivity index (χ3v) is 7.61. The average Bonchev–Trinajstić information content (AvgIpc) is 3.34. The van der Waals surface area contributed by atoms with Crippen LogP contribution in [0.5, 0.6) is 5.75 Å². The fourth-order valence-electron chi connectivity index (χ4n) is 6.20. The number of rotatable bonds is 7. The highest BCUT2D eigenvalue weighted by atomic mass is 16.5. The first-order chi connectivity index (χ1) is 16.1. The van der Waals surface area contributed by atoms with Crippen molar-refractivity contribution in [3.05, 3.63) is 59.8 Å². The summed E-state index contributed by atoms with van der Waals surface area (Å²) in [5.41, 5.74) is 3.92. The van der Waals surface area contributed by atoms with Crippen molar-refractivity contribution in [3.8, 4) is 5.75 Å². The van der Waals surface area contributed by atoms with E-state index >= 15 is 0 Å². The summed E-state index contributed by atoms with van der Waals surface area (Å²) in [7, 11) is 1.61. The van der Waals surface area contributed by atoms with E-state index in [9.17, 15) is 9.59 Å². The van der Waals surface area contributed by atoms with Gasteiger partial charge in [-0.1, -0.05) is 51.3 Å². The van der Waals surface area contributed by atoms with Gasteiger partial charge in [-0.05, 0) is 60.6 Å². The Morgan fingerprint density at radius 1 is 0.939 bits per heavy atom. The molecule has 5 nitrogen and oxygen atoms in total. The zero-order valence-electron chi connectivity index (χ0n) is 19.6. The molecule has 1 aliphatic carbocycles. The lowest BCUT2D eigenvalue weighted by Crippen LogP contribution is -2.36. The van der Waals surface area contributed by atoms with Gasteiger partial charge in [-0.2, -0.15) is 0 Å². The number of hydrogen-bond acceptors (Lipinski definition) is 3. The number of nitrogens with one attached hydrogen (secondary N) is 1. The largest absolute Gasteiger partial charge is 0.497 e. The Morgan fingerprint density at radius 3 is 2.39 bits per heavy atom. The van der Waals surface area contributed by atoms with Gasteiger partial charge in [-0.15, -0.1) is 0 Å². The van der Waals surface area contributed by atoms with E-state index < -0.39 is 5.92 Å². The number of aromatic nitrogens is 1. The van der Waals surface area contributed by atoms with Crippen LogP contribution in [0.3, 0.4) is 0 Å². The van der Waals surface area contributed by atoms with Crippen LogP contribution >= 0.6 is 0 Å². The number of benzene rings is 2. The van der Waals surface area contributed by atoms with Crippen molar-refractivity contribution in [2.45, 2.75) is 57.8 Å². The van der Waals surface area contributed by atoms with Crippen molar-refractivity contribution in [3.63, 3.8) is 0 Å². The van der Waals surface area contributed by atoms with E-state index in [2.05, 4.69) is 37.0 Å². The predicted octanol–water partition coefficient (Wildman–Crippen LogP) is 6.15. The monoisotopic (exact) mass is 444 g/mol. The van der Waals surface area contributed by atoms with Crippen LogP contribution in [0.1, 0.15) is 69.0 Å². The molecule has 0 saturated carbocycles. The molecule has 1 saturated heterocycles. The maximum atomic E-state index is 13.9. The number of nitrogens with zero attached hydrogens (tertiary/aromatic N) is 1. The number of hydrogen-bond donors (Lipinski definition) is 1. The van der Waals surface area contributed by atoms with Crippen LogP contribution in [0.15, 0.2) is 48.5 Å². The van der Waals surface area contributed by atoms with E-state index in [0.717, 1.165) is 43.3 Å². The molecule has 5 heteroatoms. The molecule has 172 valence electrons. The van der Waals surface area contributed by atoms with E-state index in [0.29, 0.717) is 11.4 Å². The Bertz CT molecular complexity index is 1180. The minimum absolute atomic E-state index is 0.0561. The molecule has 4 atom stereocenters. The van der Waals surface area contributed by atoms with Crippen molar-refractivity contribution in [1.29, 1.82) is 0 Å². The highest BCUT2D eigenvalue weighted by Gasteiger charge is 2.57. The molecular weight excluding hydrogens is 412 g/mol. The van der Waals surface area contributed by atoms with Crippen molar-refractivity contribution in [1.82, 2.24) is 4.98 Å². The Kier molecular flexibility index (Phi) is 5.73. The SMILES string of the molecule is CCCC[C@H]1c2c([nH]c3ccccc23)[C@H]2C(=O)N(c3ccc(OC)cc3)C(=O)[C@@H]2[C@@H]1CCC. The normalized spacial score (nSPS) is 24.3. The molecule has 2 aliphatic rings. The number of H-pyrrole nitrogens is 1. The molecule has 0 bridgehead atoms. The number of aromatic amines is 1. The van der Waals surface area contributed by atoms with Gasteiger partial charge in [0.1, 0.15) is 5.75 Å². The van der Waals surface area contributed by atoms with Gasteiger partial charge >= 0.3 is 0 Å². The van der Waals surface area contributed by atoms with Gasteiger partial charge in [0, 0.05) is 16.6 Å². The molecule has 2 heterocycles. The predicted molar refractivity (Wildman–Crippen MR) is 131 cm³/mol. The number of unbranched alkanes of at least 4 members (excludes halogenated alkanes) is 1. The first-order valence-electron chi connectivity index (χ1n) is 12.2. The maximum Gasteiger partial charge on any atom is 0.243 e. The van der Waals surface area contributed by atoms with Crippen LogP contribution in [-0.4, -0.2) is 23.9 Å². The van der Waals surface area contributed by atoms with Gasteiger partial charge in [0.05, 0.1) is 24.6 Å². The molecule has 0 radical (unpaired) electrons. The summed E-state index contributed by atoms with van der Waals surface area (Å²) in [6, 6.07) is 15.6. The van der Waals surface area contributed by atoms with Gasteiger partial charge in [0.25, 0.3) is 0 Å². The molecule has 3 aromatic rings. The molecule has 1 fully saturated rings. The van der Waals surface area contributed by atoms with Crippen molar-refractivity contribution < 1.29 is 14.3 Å². The Balaban J connectivity index is 1.67. The van der Waals surface area contributed by atoms with Gasteiger partial charge < -0.3 is 9.72 Å². The highest BCUT2D eigenvalue weighted by molar-refractivity contribution is 6.24. The zero-order chi connectivity index (χ0) is 23.1. The van der Waals surface area contributed by atoms with Crippen molar-refractivity contribution in [2.75, 3.05) is 12.0 Å². The highest BCUT2D eigenvalue weighted by Crippen LogP contribution is 2.56. The van der Waals surface area contributed by atoms with Gasteiger partial charge in [0.2, 0.25) is 11.8 Å².